The first kappa shape index (κ1) is 37.1. The van der Waals surface area contributed by atoms with Crippen LogP contribution in [0.2, 0.25) is 18.1 Å². The van der Waals surface area contributed by atoms with Gasteiger partial charge in [-0.05, 0) is 66.3 Å². The smallest absolute Gasteiger partial charge is 0.248 e. The molecule has 3 aromatic carbocycles. The predicted molar refractivity (Wildman–Crippen MR) is 204 cm³/mol. The first-order chi connectivity index (χ1) is 22.6. The first-order valence-electron chi connectivity index (χ1n) is 17.4. The summed E-state index contributed by atoms with van der Waals surface area (Å²) in [5.74, 6) is 0.675. The molecular weight excluding hydrogens is 664 g/mol. The van der Waals surface area contributed by atoms with Gasteiger partial charge in [-0.3, -0.25) is 9.69 Å². The molecule has 1 atom stereocenters. The third kappa shape index (κ3) is 11.4. The summed E-state index contributed by atoms with van der Waals surface area (Å²) in [6.07, 6.45) is 8.74. The molecule has 7 heteroatoms. The number of hydrogen-bond acceptors (Lipinski definition) is 4. The predicted octanol–water partition coefficient (Wildman–Crippen LogP) is 10.8. The summed E-state index contributed by atoms with van der Waals surface area (Å²) in [5, 5.41) is 2.13. The summed E-state index contributed by atoms with van der Waals surface area (Å²) in [5.41, 5.74) is 4.08. The number of ether oxygens (including phenoxy) is 1. The van der Waals surface area contributed by atoms with Crippen molar-refractivity contribution in [3.8, 4) is 5.75 Å². The summed E-state index contributed by atoms with van der Waals surface area (Å²) in [4.78, 5) is 18.3. The Morgan fingerprint density at radius 3 is 2.04 bits per heavy atom. The van der Waals surface area contributed by atoms with E-state index in [1.807, 2.05) is 30.3 Å². The second kappa shape index (κ2) is 18.2. The van der Waals surface area contributed by atoms with Crippen LogP contribution < -0.4 is 10.3 Å². The monoisotopic (exact) mass is 718 g/mol. The van der Waals surface area contributed by atoms with Crippen molar-refractivity contribution in [3.63, 3.8) is 0 Å². The number of alkyl halides is 1. The molecule has 4 rings (SSSR count). The summed E-state index contributed by atoms with van der Waals surface area (Å²) in [6.45, 7) is 14.6. The van der Waals surface area contributed by atoms with Crippen LogP contribution in [-0.2, 0) is 17.6 Å². The molecule has 0 aliphatic rings. The number of aromatic nitrogens is 1. The van der Waals surface area contributed by atoms with Gasteiger partial charge in [0.25, 0.3) is 0 Å². The molecule has 0 bridgehead atoms. The van der Waals surface area contributed by atoms with Crippen LogP contribution in [0.3, 0.4) is 0 Å². The summed E-state index contributed by atoms with van der Waals surface area (Å²) in [6, 6.07) is 28.6. The standard InChI is InChI=1S/C40H55BrN2O3Si/c1-40(2,3)47(4,5)46-37(30-43(29-32-19-13-11-14-20-32)28-18-10-8-6-7-9-17-27-41)34-23-25-36(39-35(34)24-26-38(44)42-39)45-31-33-21-15-12-16-22-33/h11-16,19-26,37H,6-10,17-18,27-31H2,1-5H3,(H,42,44)/t37-/m0/s1. The fourth-order valence-corrected chi connectivity index (χ4v) is 7.40. The SMILES string of the molecule is CC(C)(C)[Si](C)(C)O[C@@H](CN(CCCCCCCCCBr)Cc1ccccc1)c1ccc(OCc2ccccc2)c2[nH]c(=O)ccc12. The van der Waals surface area contributed by atoms with E-state index in [-0.39, 0.29) is 16.7 Å². The van der Waals surface area contributed by atoms with E-state index in [1.165, 1.54) is 50.5 Å². The summed E-state index contributed by atoms with van der Waals surface area (Å²) < 4.78 is 13.6. The van der Waals surface area contributed by atoms with Gasteiger partial charge in [-0.2, -0.15) is 0 Å². The Morgan fingerprint density at radius 2 is 1.40 bits per heavy atom. The lowest BCUT2D eigenvalue weighted by Crippen LogP contribution is -2.44. The van der Waals surface area contributed by atoms with E-state index >= 15 is 0 Å². The first-order valence-corrected chi connectivity index (χ1v) is 21.4. The topological polar surface area (TPSA) is 54.6 Å². The number of nitrogens with one attached hydrogen (secondary N) is 1. The number of rotatable bonds is 19. The lowest BCUT2D eigenvalue weighted by atomic mass is 10.0. The zero-order valence-electron chi connectivity index (χ0n) is 29.2. The van der Waals surface area contributed by atoms with Gasteiger partial charge in [-0.25, -0.2) is 0 Å². The number of unbranched alkanes of at least 4 members (excludes halogenated alkanes) is 6. The molecule has 0 unspecified atom stereocenters. The highest BCUT2D eigenvalue weighted by atomic mass is 79.9. The Kier molecular flexibility index (Phi) is 14.3. The minimum absolute atomic E-state index is 0.0488. The molecule has 0 fully saturated rings. The summed E-state index contributed by atoms with van der Waals surface area (Å²) >= 11 is 3.55. The van der Waals surface area contributed by atoms with Gasteiger partial charge in [0.2, 0.25) is 5.56 Å². The summed E-state index contributed by atoms with van der Waals surface area (Å²) in [7, 11) is -2.17. The van der Waals surface area contributed by atoms with Crippen LogP contribution >= 0.6 is 15.9 Å². The Hall–Kier alpha value is -2.71. The number of benzene rings is 3. The molecule has 1 aromatic heterocycles. The number of H-pyrrole nitrogens is 1. The average molecular weight is 720 g/mol. The lowest BCUT2D eigenvalue weighted by Gasteiger charge is -2.41. The van der Waals surface area contributed by atoms with Gasteiger partial charge in [-0.1, -0.05) is 136 Å². The van der Waals surface area contributed by atoms with Crippen molar-refractivity contribution in [2.24, 2.45) is 0 Å². The lowest BCUT2D eigenvalue weighted by molar-refractivity contribution is 0.115. The Labute approximate surface area is 292 Å². The van der Waals surface area contributed by atoms with Gasteiger partial charge in [0.15, 0.2) is 8.32 Å². The van der Waals surface area contributed by atoms with E-state index in [1.54, 1.807) is 6.07 Å². The van der Waals surface area contributed by atoms with Gasteiger partial charge < -0.3 is 14.1 Å². The number of nitrogens with zero attached hydrogens (tertiary/aromatic N) is 1. The van der Waals surface area contributed by atoms with Crippen molar-refractivity contribution in [1.29, 1.82) is 0 Å². The fraction of sp³-hybridized carbons (Fsp3) is 0.475. The molecular formula is C40H55BrN2O3Si. The van der Waals surface area contributed by atoms with Crippen LogP contribution in [0.25, 0.3) is 10.9 Å². The molecule has 1 heterocycles. The Morgan fingerprint density at radius 1 is 0.787 bits per heavy atom. The van der Waals surface area contributed by atoms with E-state index < -0.39 is 8.32 Å². The maximum absolute atomic E-state index is 12.6. The molecule has 0 amide bonds. The van der Waals surface area contributed by atoms with Crippen LogP contribution in [0.1, 0.15) is 88.5 Å². The van der Waals surface area contributed by atoms with Crippen molar-refractivity contribution in [1.82, 2.24) is 9.88 Å². The van der Waals surface area contributed by atoms with Crippen LogP contribution in [-0.4, -0.2) is 36.6 Å². The Bertz CT molecular complexity index is 1550. The van der Waals surface area contributed by atoms with E-state index in [2.05, 4.69) is 108 Å². The molecule has 4 aromatic rings. The fourth-order valence-electron chi connectivity index (χ4n) is 5.74. The quantitative estimate of drug-likeness (QED) is 0.0596. The van der Waals surface area contributed by atoms with E-state index in [4.69, 9.17) is 9.16 Å². The molecule has 254 valence electrons. The van der Waals surface area contributed by atoms with Crippen molar-refractivity contribution >= 4 is 35.2 Å². The third-order valence-electron chi connectivity index (χ3n) is 9.50. The zero-order chi connectivity index (χ0) is 33.7. The molecule has 47 heavy (non-hydrogen) atoms. The highest BCUT2D eigenvalue weighted by Crippen LogP contribution is 2.42. The molecule has 0 aliphatic carbocycles. The molecule has 5 nitrogen and oxygen atoms in total. The van der Waals surface area contributed by atoms with Gasteiger partial charge in [0, 0.05) is 29.9 Å². The van der Waals surface area contributed by atoms with Gasteiger partial charge in [0.1, 0.15) is 12.4 Å². The molecule has 0 spiro atoms. The van der Waals surface area contributed by atoms with Gasteiger partial charge in [0.05, 0.1) is 11.6 Å². The van der Waals surface area contributed by atoms with Crippen LogP contribution in [0.4, 0.5) is 0 Å². The number of aromatic amines is 1. The number of halogens is 1. The Balaban J connectivity index is 1.64. The zero-order valence-corrected chi connectivity index (χ0v) is 31.8. The third-order valence-corrected chi connectivity index (χ3v) is 14.5. The maximum atomic E-state index is 12.6. The number of pyridine rings is 1. The molecule has 0 saturated heterocycles. The van der Waals surface area contributed by atoms with Gasteiger partial charge in [-0.15, -0.1) is 0 Å². The molecule has 0 aliphatic heterocycles. The average Bonchev–Trinajstić information content (AvgIpc) is 3.04. The highest BCUT2D eigenvalue weighted by molar-refractivity contribution is 9.09. The number of hydrogen-bond donors (Lipinski definition) is 1. The minimum Gasteiger partial charge on any atom is -0.487 e. The molecule has 0 saturated carbocycles. The van der Waals surface area contributed by atoms with Crippen molar-refractivity contribution in [2.75, 3.05) is 18.4 Å². The maximum Gasteiger partial charge on any atom is 0.248 e. The van der Waals surface area contributed by atoms with Crippen LogP contribution in [0.5, 0.6) is 5.75 Å². The molecule has 1 N–H and O–H groups in total. The van der Waals surface area contributed by atoms with Crippen molar-refractivity contribution < 1.29 is 9.16 Å². The second-order valence-corrected chi connectivity index (χ2v) is 19.8. The molecule has 0 radical (unpaired) electrons. The van der Waals surface area contributed by atoms with Crippen molar-refractivity contribution in [3.05, 3.63) is 112 Å². The van der Waals surface area contributed by atoms with Gasteiger partial charge >= 0.3 is 0 Å². The minimum atomic E-state index is -2.17. The van der Waals surface area contributed by atoms with Crippen LogP contribution in [0, 0.1) is 0 Å². The van der Waals surface area contributed by atoms with Crippen LogP contribution in [0.15, 0.2) is 89.7 Å². The van der Waals surface area contributed by atoms with E-state index in [0.29, 0.717) is 12.4 Å². The second-order valence-electron chi connectivity index (χ2n) is 14.3. The number of fused-ring (bicyclic) bond motifs is 1. The highest BCUT2D eigenvalue weighted by Gasteiger charge is 2.40. The normalized spacial score (nSPS) is 12.9. The van der Waals surface area contributed by atoms with E-state index in [0.717, 1.165) is 47.0 Å². The van der Waals surface area contributed by atoms with Crippen molar-refractivity contribution in [2.45, 2.75) is 103 Å². The largest absolute Gasteiger partial charge is 0.487 e. The van der Waals surface area contributed by atoms with E-state index in [9.17, 15) is 4.79 Å².